The van der Waals surface area contributed by atoms with Crippen LogP contribution in [0.2, 0.25) is 0 Å². The molecule has 1 aromatic rings. The summed E-state index contributed by atoms with van der Waals surface area (Å²) in [5.74, 6) is 2.12. The molecule has 3 aliphatic rings. The van der Waals surface area contributed by atoms with E-state index < -0.39 is 0 Å². The van der Waals surface area contributed by atoms with E-state index in [2.05, 4.69) is 16.8 Å². The molecule has 158 valence electrons. The van der Waals surface area contributed by atoms with Gasteiger partial charge >= 0.3 is 0 Å². The molecule has 7 heteroatoms. The third kappa shape index (κ3) is 4.77. The molecule has 2 amide bonds. The Hall–Kier alpha value is -2.02. The van der Waals surface area contributed by atoms with Gasteiger partial charge in [0.1, 0.15) is 5.82 Å². The highest BCUT2D eigenvalue weighted by Gasteiger charge is 2.29. The highest BCUT2D eigenvalue weighted by Crippen LogP contribution is 2.27. The van der Waals surface area contributed by atoms with E-state index in [9.17, 15) is 9.59 Å². The highest BCUT2D eigenvalue weighted by atomic mass is 16.2. The van der Waals surface area contributed by atoms with Crippen LogP contribution in [0, 0.1) is 5.92 Å². The van der Waals surface area contributed by atoms with E-state index in [-0.39, 0.29) is 17.7 Å². The fraction of sp³-hybridized carbons (Fsp3) is 0.727. The van der Waals surface area contributed by atoms with Crippen molar-refractivity contribution in [1.82, 2.24) is 24.7 Å². The second-order valence-electron chi connectivity index (χ2n) is 9.05. The van der Waals surface area contributed by atoms with Gasteiger partial charge < -0.3 is 9.80 Å². The van der Waals surface area contributed by atoms with Gasteiger partial charge in [-0.1, -0.05) is 6.92 Å². The van der Waals surface area contributed by atoms with E-state index in [1.165, 1.54) is 12.8 Å². The van der Waals surface area contributed by atoms with E-state index in [4.69, 9.17) is 4.98 Å². The molecule has 7 nitrogen and oxygen atoms in total. The van der Waals surface area contributed by atoms with Crippen LogP contribution < -0.4 is 0 Å². The van der Waals surface area contributed by atoms with Crippen molar-refractivity contribution in [2.45, 2.75) is 58.4 Å². The molecule has 2 saturated heterocycles. The van der Waals surface area contributed by atoms with Crippen LogP contribution in [-0.2, 0) is 22.6 Å². The predicted molar refractivity (Wildman–Crippen MR) is 110 cm³/mol. The number of rotatable bonds is 3. The number of nitrogens with zero attached hydrogens (tertiary/aromatic N) is 5. The van der Waals surface area contributed by atoms with Gasteiger partial charge in [-0.05, 0) is 38.1 Å². The summed E-state index contributed by atoms with van der Waals surface area (Å²) in [5.41, 5.74) is 2.12. The second-order valence-corrected chi connectivity index (χ2v) is 9.05. The molecule has 29 heavy (non-hydrogen) atoms. The van der Waals surface area contributed by atoms with Crippen molar-refractivity contribution in [1.29, 1.82) is 0 Å². The van der Waals surface area contributed by atoms with Crippen LogP contribution in [0.25, 0.3) is 0 Å². The summed E-state index contributed by atoms with van der Waals surface area (Å²) in [4.78, 5) is 40.2. The summed E-state index contributed by atoms with van der Waals surface area (Å²) < 4.78 is 0. The zero-order chi connectivity index (χ0) is 20.4. The molecule has 0 aromatic carbocycles. The molecular formula is C22H33N5O2. The fourth-order valence-corrected chi connectivity index (χ4v) is 4.93. The lowest BCUT2D eigenvalue weighted by molar-refractivity contribution is -0.134. The molecule has 1 aromatic heterocycles. The first-order valence-corrected chi connectivity index (χ1v) is 11.1. The van der Waals surface area contributed by atoms with Crippen LogP contribution in [0.4, 0.5) is 0 Å². The molecule has 0 N–H and O–H groups in total. The first kappa shape index (κ1) is 20.3. The lowest BCUT2D eigenvalue weighted by Crippen LogP contribution is -2.47. The number of fused-ring (bicyclic) bond motifs is 1. The van der Waals surface area contributed by atoms with Crippen molar-refractivity contribution < 1.29 is 9.59 Å². The fourth-order valence-electron chi connectivity index (χ4n) is 4.93. The molecule has 0 bridgehead atoms. The standard InChI is InChI=1S/C22H33N5O2/c1-16-5-3-8-25(12-16)15-21(29)27-9-4-6-18(13-27)22-23-11-19-14-26(17(2)28)10-7-20(19)24-22/h11,16,18H,3-10,12-15H2,1-2H3. The molecule has 3 aliphatic heterocycles. The van der Waals surface area contributed by atoms with Gasteiger partial charge in [-0.25, -0.2) is 9.97 Å². The molecule has 2 atom stereocenters. The van der Waals surface area contributed by atoms with E-state index in [0.717, 1.165) is 69.1 Å². The average Bonchev–Trinajstić information content (AvgIpc) is 2.73. The van der Waals surface area contributed by atoms with E-state index in [0.29, 0.717) is 19.0 Å². The largest absolute Gasteiger partial charge is 0.341 e. The summed E-state index contributed by atoms with van der Waals surface area (Å²) in [5, 5.41) is 0. The molecule has 4 heterocycles. The van der Waals surface area contributed by atoms with E-state index in [1.54, 1.807) is 6.92 Å². The third-order valence-corrected chi connectivity index (χ3v) is 6.64. The average molecular weight is 400 g/mol. The number of piperidine rings is 2. The summed E-state index contributed by atoms with van der Waals surface area (Å²) >= 11 is 0. The van der Waals surface area contributed by atoms with Crippen LogP contribution in [0.5, 0.6) is 0 Å². The van der Waals surface area contributed by atoms with Crippen molar-refractivity contribution in [2.75, 3.05) is 39.3 Å². The SMILES string of the molecule is CC(=O)N1CCc2nc(C3CCCN(C(=O)CN4CCCC(C)C4)C3)ncc2C1. The normalized spacial score (nSPS) is 25.6. The Bertz CT molecular complexity index is 768. The maximum atomic E-state index is 12.9. The Labute approximate surface area is 173 Å². The molecule has 0 spiro atoms. The molecule has 0 aliphatic carbocycles. The molecule has 2 unspecified atom stereocenters. The Morgan fingerprint density at radius 2 is 1.93 bits per heavy atom. The molecule has 0 saturated carbocycles. The lowest BCUT2D eigenvalue weighted by Gasteiger charge is -2.36. The second kappa shape index (κ2) is 8.78. The third-order valence-electron chi connectivity index (χ3n) is 6.64. The van der Waals surface area contributed by atoms with E-state index in [1.807, 2.05) is 16.0 Å². The van der Waals surface area contributed by atoms with Crippen LogP contribution in [0.3, 0.4) is 0 Å². The van der Waals surface area contributed by atoms with E-state index >= 15 is 0 Å². The predicted octanol–water partition coefficient (Wildman–Crippen LogP) is 1.82. The molecule has 2 fully saturated rings. The minimum atomic E-state index is 0.101. The first-order valence-electron chi connectivity index (χ1n) is 11.1. The summed E-state index contributed by atoms with van der Waals surface area (Å²) in [6, 6.07) is 0. The first-order chi connectivity index (χ1) is 14.0. The number of carbonyl (C=O) groups is 2. The number of hydrogen-bond donors (Lipinski definition) is 0. The van der Waals surface area contributed by atoms with Crippen molar-refractivity contribution >= 4 is 11.8 Å². The van der Waals surface area contributed by atoms with Crippen molar-refractivity contribution in [3.8, 4) is 0 Å². The highest BCUT2D eigenvalue weighted by molar-refractivity contribution is 5.78. The van der Waals surface area contributed by atoms with Crippen LogP contribution >= 0.6 is 0 Å². The van der Waals surface area contributed by atoms with Gasteiger partial charge in [-0.2, -0.15) is 0 Å². The van der Waals surface area contributed by atoms with Gasteiger partial charge in [-0.3, -0.25) is 14.5 Å². The molecule has 4 rings (SSSR count). The van der Waals surface area contributed by atoms with Gasteiger partial charge in [-0.15, -0.1) is 0 Å². The number of likely N-dealkylation sites (tertiary alicyclic amines) is 2. The van der Waals surface area contributed by atoms with Crippen LogP contribution in [-0.4, -0.2) is 75.8 Å². The number of hydrogen-bond acceptors (Lipinski definition) is 5. The molecular weight excluding hydrogens is 366 g/mol. The zero-order valence-corrected chi connectivity index (χ0v) is 17.8. The smallest absolute Gasteiger partial charge is 0.236 e. The van der Waals surface area contributed by atoms with Crippen LogP contribution in [0.15, 0.2) is 6.20 Å². The van der Waals surface area contributed by atoms with Gasteiger partial charge in [0.25, 0.3) is 0 Å². The quantitative estimate of drug-likeness (QED) is 0.775. The monoisotopic (exact) mass is 399 g/mol. The van der Waals surface area contributed by atoms with Crippen molar-refractivity contribution in [3.63, 3.8) is 0 Å². The van der Waals surface area contributed by atoms with Crippen molar-refractivity contribution in [3.05, 3.63) is 23.3 Å². The van der Waals surface area contributed by atoms with Crippen LogP contribution in [0.1, 0.15) is 62.5 Å². The Balaban J connectivity index is 1.38. The summed E-state index contributed by atoms with van der Waals surface area (Å²) in [6.45, 7) is 9.40. The Kier molecular flexibility index (Phi) is 6.13. The number of carbonyl (C=O) groups excluding carboxylic acids is 2. The van der Waals surface area contributed by atoms with Gasteiger partial charge in [0, 0.05) is 63.7 Å². The summed E-state index contributed by atoms with van der Waals surface area (Å²) in [7, 11) is 0. The summed E-state index contributed by atoms with van der Waals surface area (Å²) in [6.07, 6.45) is 7.18. The van der Waals surface area contributed by atoms with Crippen molar-refractivity contribution in [2.24, 2.45) is 5.92 Å². The zero-order valence-electron chi connectivity index (χ0n) is 17.8. The maximum Gasteiger partial charge on any atom is 0.236 e. The maximum absolute atomic E-state index is 12.9. The Morgan fingerprint density at radius 1 is 1.10 bits per heavy atom. The number of aromatic nitrogens is 2. The minimum absolute atomic E-state index is 0.101. The minimum Gasteiger partial charge on any atom is -0.341 e. The van der Waals surface area contributed by atoms with Gasteiger partial charge in [0.15, 0.2) is 0 Å². The van der Waals surface area contributed by atoms with Gasteiger partial charge in [0.2, 0.25) is 11.8 Å². The lowest BCUT2D eigenvalue weighted by atomic mass is 9.96. The topological polar surface area (TPSA) is 69.6 Å². The van der Waals surface area contributed by atoms with Gasteiger partial charge in [0.05, 0.1) is 12.2 Å². The number of amides is 2. The Morgan fingerprint density at radius 3 is 2.72 bits per heavy atom. The molecule has 0 radical (unpaired) electrons.